The van der Waals surface area contributed by atoms with Crippen molar-refractivity contribution < 1.29 is 14.3 Å². The molecule has 1 aromatic rings. The lowest BCUT2D eigenvalue weighted by atomic mass is 10.2. The average Bonchev–Trinajstić information content (AvgIpc) is 2.17. The summed E-state index contributed by atoms with van der Waals surface area (Å²) in [7, 11) is 1.51. The van der Waals surface area contributed by atoms with Crippen LogP contribution in [0.4, 0.5) is 0 Å². The molecular formula is C10H11ClO3. The number of hydrogen-bond acceptors (Lipinski definition) is 3. The van der Waals surface area contributed by atoms with Crippen LogP contribution < -0.4 is 9.47 Å². The average molecular weight is 215 g/mol. The molecule has 0 aromatic heterocycles. The molecule has 0 fully saturated rings. The second-order valence-corrected chi connectivity index (χ2v) is 2.98. The van der Waals surface area contributed by atoms with Gasteiger partial charge in [0.15, 0.2) is 11.5 Å². The smallest absolute Gasteiger partial charge is 0.308 e. The van der Waals surface area contributed by atoms with Gasteiger partial charge in [0, 0.05) is 12.8 Å². The number of methoxy groups -OCH3 is 1. The highest BCUT2D eigenvalue weighted by molar-refractivity contribution is 6.17. The Labute approximate surface area is 87.6 Å². The number of carbonyl (C=O) groups excluding carboxylic acids is 1. The fraction of sp³-hybridized carbons (Fsp3) is 0.300. The molecule has 0 unspecified atom stereocenters. The zero-order chi connectivity index (χ0) is 10.6. The van der Waals surface area contributed by atoms with E-state index in [9.17, 15) is 4.79 Å². The Hall–Kier alpha value is -1.22. The van der Waals surface area contributed by atoms with Gasteiger partial charge in [0.2, 0.25) is 0 Å². The quantitative estimate of drug-likeness (QED) is 0.440. The van der Waals surface area contributed by atoms with E-state index in [1.54, 1.807) is 18.2 Å². The van der Waals surface area contributed by atoms with Gasteiger partial charge in [-0.15, -0.1) is 11.6 Å². The molecule has 0 heterocycles. The molecule has 0 atom stereocenters. The lowest BCUT2D eigenvalue weighted by molar-refractivity contribution is -0.132. The van der Waals surface area contributed by atoms with E-state index in [4.69, 9.17) is 21.1 Å². The summed E-state index contributed by atoms with van der Waals surface area (Å²) in [6.45, 7) is 1.34. The van der Waals surface area contributed by atoms with Crippen LogP contribution in [0.2, 0.25) is 0 Å². The number of alkyl halides is 1. The van der Waals surface area contributed by atoms with Gasteiger partial charge in [-0.1, -0.05) is 6.07 Å². The number of esters is 1. The van der Waals surface area contributed by atoms with Crippen molar-refractivity contribution in [2.45, 2.75) is 12.8 Å². The normalized spacial score (nSPS) is 9.64. The largest absolute Gasteiger partial charge is 0.493 e. The van der Waals surface area contributed by atoms with Crippen molar-refractivity contribution in [1.82, 2.24) is 0 Å². The van der Waals surface area contributed by atoms with E-state index in [2.05, 4.69) is 0 Å². The number of hydrogen-bond donors (Lipinski definition) is 0. The van der Waals surface area contributed by atoms with Crippen LogP contribution in [0.3, 0.4) is 0 Å². The minimum absolute atomic E-state index is 0.373. The number of carbonyl (C=O) groups is 1. The zero-order valence-electron chi connectivity index (χ0n) is 8.04. The number of halogens is 1. The minimum atomic E-state index is -0.373. The van der Waals surface area contributed by atoms with E-state index in [1.807, 2.05) is 0 Å². The van der Waals surface area contributed by atoms with E-state index in [0.29, 0.717) is 17.4 Å². The van der Waals surface area contributed by atoms with Gasteiger partial charge in [-0.2, -0.15) is 0 Å². The third kappa shape index (κ3) is 2.64. The Morgan fingerprint density at radius 1 is 1.43 bits per heavy atom. The third-order valence-corrected chi connectivity index (χ3v) is 1.94. The molecule has 0 radical (unpaired) electrons. The van der Waals surface area contributed by atoms with Crippen molar-refractivity contribution >= 4 is 17.6 Å². The van der Waals surface area contributed by atoms with Gasteiger partial charge in [-0.25, -0.2) is 0 Å². The van der Waals surface area contributed by atoms with Crippen molar-refractivity contribution in [2.75, 3.05) is 7.11 Å². The molecule has 76 valence electrons. The van der Waals surface area contributed by atoms with Crippen LogP contribution in [-0.4, -0.2) is 13.1 Å². The van der Waals surface area contributed by atoms with Crippen molar-refractivity contribution in [1.29, 1.82) is 0 Å². The molecule has 0 aliphatic rings. The second-order valence-electron chi connectivity index (χ2n) is 2.71. The number of benzene rings is 1. The Morgan fingerprint density at radius 2 is 2.14 bits per heavy atom. The summed E-state index contributed by atoms with van der Waals surface area (Å²) in [6, 6.07) is 5.19. The predicted octanol–water partition coefficient (Wildman–Crippen LogP) is 2.36. The first-order valence-corrected chi connectivity index (χ1v) is 4.62. The molecule has 0 bridgehead atoms. The Kier molecular flexibility index (Phi) is 3.77. The van der Waals surface area contributed by atoms with Crippen LogP contribution in [0.25, 0.3) is 0 Å². The summed E-state index contributed by atoms with van der Waals surface area (Å²) < 4.78 is 9.98. The van der Waals surface area contributed by atoms with Crippen LogP contribution in [-0.2, 0) is 10.7 Å². The van der Waals surface area contributed by atoms with Crippen LogP contribution >= 0.6 is 11.6 Å². The molecule has 14 heavy (non-hydrogen) atoms. The maximum absolute atomic E-state index is 10.7. The van der Waals surface area contributed by atoms with Gasteiger partial charge in [0.05, 0.1) is 7.11 Å². The lowest BCUT2D eigenvalue weighted by Crippen LogP contribution is -2.03. The van der Waals surface area contributed by atoms with Gasteiger partial charge in [0.1, 0.15) is 0 Å². The highest BCUT2D eigenvalue weighted by atomic mass is 35.5. The Morgan fingerprint density at radius 3 is 2.64 bits per heavy atom. The van der Waals surface area contributed by atoms with Crippen LogP contribution in [0.1, 0.15) is 12.5 Å². The Bertz CT molecular complexity index is 336. The van der Waals surface area contributed by atoms with Crippen molar-refractivity contribution in [3.8, 4) is 11.5 Å². The van der Waals surface area contributed by atoms with Crippen LogP contribution in [0.5, 0.6) is 11.5 Å². The van der Waals surface area contributed by atoms with E-state index >= 15 is 0 Å². The summed E-state index contributed by atoms with van der Waals surface area (Å²) in [4.78, 5) is 10.7. The highest BCUT2D eigenvalue weighted by Crippen LogP contribution is 2.28. The molecule has 1 aromatic carbocycles. The predicted molar refractivity (Wildman–Crippen MR) is 53.9 cm³/mol. The molecule has 0 saturated carbocycles. The first-order valence-electron chi connectivity index (χ1n) is 4.08. The second kappa shape index (κ2) is 4.86. The molecular weight excluding hydrogens is 204 g/mol. The number of rotatable bonds is 3. The molecule has 3 nitrogen and oxygen atoms in total. The summed E-state index contributed by atoms with van der Waals surface area (Å²) in [6.07, 6.45) is 0. The van der Waals surface area contributed by atoms with Crippen molar-refractivity contribution in [3.63, 3.8) is 0 Å². The monoisotopic (exact) mass is 214 g/mol. The van der Waals surface area contributed by atoms with E-state index < -0.39 is 0 Å². The highest BCUT2D eigenvalue weighted by Gasteiger charge is 2.07. The lowest BCUT2D eigenvalue weighted by Gasteiger charge is -2.08. The Balaban J connectivity index is 2.98. The molecule has 4 heteroatoms. The maximum Gasteiger partial charge on any atom is 0.308 e. The van der Waals surface area contributed by atoms with E-state index in [1.165, 1.54) is 14.0 Å². The maximum atomic E-state index is 10.7. The molecule has 0 saturated heterocycles. The fourth-order valence-corrected chi connectivity index (χ4v) is 1.20. The van der Waals surface area contributed by atoms with Crippen molar-refractivity contribution in [2.24, 2.45) is 0 Å². The van der Waals surface area contributed by atoms with Gasteiger partial charge in [-0.3, -0.25) is 4.79 Å². The summed E-state index contributed by atoms with van der Waals surface area (Å²) in [5.41, 5.74) is 0.916. The minimum Gasteiger partial charge on any atom is -0.493 e. The topological polar surface area (TPSA) is 35.5 Å². The zero-order valence-corrected chi connectivity index (χ0v) is 8.80. The van der Waals surface area contributed by atoms with Crippen LogP contribution in [0, 0.1) is 0 Å². The molecule has 0 N–H and O–H groups in total. The number of ether oxygens (including phenoxy) is 2. The molecule has 0 amide bonds. The van der Waals surface area contributed by atoms with Gasteiger partial charge in [-0.05, 0) is 17.7 Å². The van der Waals surface area contributed by atoms with Gasteiger partial charge >= 0.3 is 5.97 Å². The summed E-state index contributed by atoms with van der Waals surface area (Å²) >= 11 is 5.65. The van der Waals surface area contributed by atoms with Crippen molar-refractivity contribution in [3.05, 3.63) is 23.8 Å². The molecule has 0 aliphatic heterocycles. The molecule has 1 rings (SSSR count). The molecule has 0 spiro atoms. The van der Waals surface area contributed by atoms with E-state index in [-0.39, 0.29) is 5.97 Å². The van der Waals surface area contributed by atoms with Gasteiger partial charge in [0.25, 0.3) is 0 Å². The summed E-state index contributed by atoms with van der Waals surface area (Å²) in [5.74, 6) is 0.950. The third-order valence-electron chi connectivity index (χ3n) is 1.64. The standard InChI is InChI=1S/C10H11ClO3/c1-7(12)14-9-4-3-8(6-11)5-10(9)13-2/h3-5H,6H2,1-2H3. The first-order chi connectivity index (χ1) is 6.67. The first kappa shape index (κ1) is 10.9. The summed E-state index contributed by atoms with van der Waals surface area (Å²) in [5, 5.41) is 0. The SMILES string of the molecule is COc1cc(CCl)ccc1OC(C)=O. The van der Waals surface area contributed by atoms with E-state index in [0.717, 1.165) is 5.56 Å². The fourth-order valence-electron chi connectivity index (χ4n) is 1.03. The molecule has 0 aliphatic carbocycles. The van der Waals surface area contributed by atoms with Crippen LogP contribution in [0.15, 0.2) is 18.2 Å². The van der Waals surface area contributed by atoms with Gasteiger partial charge < -0.3 is 9.47 Å².